The second-order valence-electron chi connectivity index (χ2n) is 7.18. The molecule has 0 spiro atoms. The van der Waals surface area contributed by atoms with E-state index >= 15 is 0 Å². The second-order valence-corrected chi connectivity index (χ2v) is 8.24. The molecule has 0 aromatic heterocycles. The van der Waals surface area contributed by atoms with Crippen LogP contribution in [0.5, 0.6) is 11.5 Å². The third-order valence-electron chi connectivity index (χ3n) is 5.82. The fourth-order valence-electron chi connectivity index (χ4n) is 4.62. The normalized spacial score (nSPS) is 32.0. The van der Waals surface area contributed by atoms with Crippen molar-refractivity contribution >= 4 is 39.5 Å². The summed E-state index contributed by atoms with van der Waals surface area (Å²) in [6.07, 6.45) is 0.601. The molecule has 1 saturated heterocycles. The third-order valence-corrected chi connectivity index (χ3v) is 7.02. The average molecular weight is 454 g/mol. The van der Waals surface area contributed by atoms with Gasteiger partial charge in [0.1, 0.15) is 17.6 Å². The van der Waals surface area contributed by atoms with Crippen LogP contribution in [-0.4, -0.2) is 49.6 Å². The monoisotopic (exact) mass is 453 g/mol. The van der Waals surface area contributed by atoms with E-state index in [9.17, 15) is 14.4 Å². The summed E-state index contributed by atoms with van der Waals surface area (Å²) < 4.78 is 21.0. The molecular formula is C19H20BrNO7. The summed E-state index contributed by atoms with van der Waals surface area (Å²) in [5.74, 6) is -1.34. The SMILES string of the molecule is COc1ccc(NC(=O)COC(=O)[C@@H]2[C@H]3C[C@H]4[C@H](OC(=O)[C@H]42)[C@H]3Br)c(OC)c1. The molecule has 1 N–H and O–H groups in total. The fraction of sp³-hybridized carbons (Fsp3) is 0.526. The van der Waals surface area contributed by atoms with Gasteiger partial charge in [-0.3, -0.25) is 14.4 Å². The van der Waals surface area contributed by atoms with Crippen LogP contribution in [0.3, 0.4) is 0 Å². The predicted molar refractivity (Wildman–Crippen MR) is 100 cm³/mol. The Morgan fingerprint density at radius 2 is 2.04 bits per heavy atom. The Labute approximate surface area is 170 Å². The van der Waals surface area contributed by atoms with E-state index in [0.29, 0.717) is 17.2 Å². The second kappa shape index (κ2) is 7.27. The Bertz CT molecular complexity index is 829. The predicted octanol–water partition coefficient (Wildman–Crippen LogP) is 1.76. The number of alkyl halides is 1. The number of amides is 1. The van der Waals surface area contributed by atoms with Crippen molar-refractivity contribution in [1.82, 2.24) is 0 Å². The third kappa shape index (κ3) is 3.01. The zero-order valence-corrected chi connectivity index (χ0v) is 16.9. The quantitative estimate of drug-likeness (QED) is 0.517. The Kier molecular flexibility index (Phi) is 4.95. The van der Waals surface area contributed by atoms with Gasteiger partial charge in [-0.2, -0.15) is 0 Å². The summed E-state index contributed by atoms with van der Waals surface area (Å²) >= 11 is 3.55. The molecule has 2 aliphatic carbocycles. The van der Waals surface area contributed by atoms with Crippen molar-refractivity contribution in [1.29, 1.82) is 0 Å². The molecule has 1 amide bonds. The molecule has 0 radical (unpaired) electrons. The number of hydrogen-bond donors (Lipinski definition) is 1. The van der Waals surface area contributed by atoms with Crippen molar-refractivity contribution in [2.45, 2.75) is 17.4 Å². The van der Waals surface area contributed by atoms with Crippen LogP contribution in [0.25, 0.3) is 0 Å². The molecule has 8 nitrogen and oxygen atoms in total. The van der Waals surface area contributed by atoms with Gasteiger partial charge in [0.25, 0.3) is 5.91 Å². The van der Waals surface area contributed by atoms with Gasteiger partial charge in [0.15, 0.2) is 6.61 Å². The van der Waals surface area contributed by atoms with Crippen LogP contribution in [0.4, 0.5) is 5.69 Å². The maximum atomic E-state index is 12.6. The van der Waals surface area contributed by atoms with Crippen LogP contribution < -0.4 is 14.8 Å². The van der Waals surface area contributed by atoms with Gasteiger partial charge in [-0.15, -0.1) is 0 Å². The number of carbonyl (C=O) groups excluding carboxylic acids is 3. The average Bonchev–Trinajstić information content (AvgIpc) is 3.30. The standard InChI is InChI=1S/C19H20BrNO7/c1-25-8-3-4-11(12(5-8)26-2)21-13(22)7-27-18(23)14-9-6-10-15(14)19(24)28-17(10)16(9)20/h3-5,9-10,14-17H,6-7H2,1-2H3,(H,21,22)/t9-,10-,14-,15-,16+,17+/m1/s1. The molecule has 2 saturated carbocycles. The van der Waals surface area contributed by atoms with Gasteiger partial charge in [0.05, 0.1) is 36.6 Å². The molecule has 3 aliphatic rings. The first kappa shape index (κ1) is 19.0. The van der Waals surface area contributed by atoms with E-state index in [4.69, 9.17) is 18.9 Å². The van der Waals surface area contributed by atoms with E-state index in [1.807, 2.05) is 0 Å². The Morgan fingerprint density at radius 1 is 1.25 bits per heavy atom. The lowest BCUT2D eigenvalue weighted by Crippen LogP contribution is -2.39. The van der Waals surface area contributed by atoms with E-state index in [2.05, 4.69) is 21.2 Å². The number of carbonyl (C=O) groups is 3. The summed E-state index contributed by atoms with van der Waals surface area (Å²) in [5, 5.41) is 2.65. The van der Waals surface area contributed by atoms with Gasteiger partial charge < -0.3 is 24.3 Å². The number of benzene rings is 1. The molecule has 150 valence electrons. The van der Waals surface area contributed by atoms with Crippen molar-refractivity contribution in [2.24, 2.45) is 23.7 Å². The lowest BCUT2D eigenvalue weighted by molar-refractivity contribution is -0.157. The maximum absolute atomic E-state index is 12.6. The number of anilines is 1. The van der Waals surface area contributed by atoms with Gasteiger partial charge in [-0.05, 0) is 24.5 Å². The smallest absolute Gasteiger partial charge is 0.310 e. The molecule has 2 bridgehead atoms. The van der Waals surface area contributed by atoms with E-state index in [0.717, 1.165) is 6.42 Å². The zero-order valence-electron chi connectivity index (χ0n) is 15.3. The van der Waals surface area contributed by atoms with Crippen LogP contribution >= 0.6 is 15.9 Å². The minimum Gasteiger partial charge on any atom is -0.497 e. The first-order valence-electron chi connectivity index (χ1n) is 8.97. The van der Waals surface area contributed by atoms with Gasteiger partial charge in [-0.1, -0.05) is 15.9 Å². The largest absolute Gasteiger partial charge is 0.497 e. The molecule has 1 aromatic rings. The van der Waals surface area contributed by atoms with Crippen LogP contribution in [0.1, 0.15) is 6.42 Å². The topological polar surface area (TPSA) is 100 Å². The summed E-state index contributed by atoms with van der Waals surface area (Å²) in [4.78, 5) is 36.9. The first-order chi connectivity index (χ1) is 13.4. The highest BCUT2D eigenvalue weighted by atomic mass is 79.9. The van der Waals surface area contributed by atoms with Gasteiger partial charge in [0.2, 0.25) is 0 Å². The minimum atomic E-state index is -0.566. The minimum absolute atomic E-state index is 0.0105. The van der Waals surface area contributed by atoms with E-state index in [1.165, 1.54) is 14.2 Å². The van der Waals surface area contributed by atoms with Crippen LogP contribution in [0.2, 0.25) is 0 Å². The Hall–Kier alpha value is -2.29. The lowest BCUT2D eigenvalue weighted by atomic mass is 9.80. The summed E-state index contributed by atoms with van der Waals surface area (Å²) in [6.45, 7) is -0.444. The van der Waals surface area contributed by atoms with Crippen LogP contribution in [-0.2, 0) is 23.9 Å². The molecule has 6 atom stereocenters. The first-order valence-corrected chi connectivity index (χ1v) is 9.89. The highest BCUT2D eigenvalue weighted by Gasteiger charge is 2.68. The fourth-order valence-corrected chi connectivity index (χ4v) is 5.66. The molecule has 1 aromatic carbocycles. The number of ether oxygens (including phenoxy) is 4. The molecule has 28 heavy (non-hydrogen) atoms. The molecule has 4 rings (SSSR count). The number of halogens is 1. The molecule has 3 fully saturated rings. The summed E-state index contributed by atoms with van der Waals surface area (Å²) in [7, 11) is 3.01. The molecule has 1 heterocycles. The highest BCUT2D eigenvalue weighted by molar-refractivity contribution is 9.09. The highest BCUT2D eigenvalue weighted by Crippen LogP contribution is 2.60. The van der Waals surface area contributed by atoms with Crippen LogP contribution in [0, 0.1) is 23.7 Å². The summed E-state index contributed by atoms with van der Waals surface area (Å²) in [5.41, 5.74) is 0.437. The summed E-state index contributed by atoms with van der Waals surface area (Å²) in [6, 6.07) is 4.95. The van der Waals surface area contributed by atoms with Crippen molar-refractivity contribution < 1.29 is 33.3 Å². The maximum Gasteiger partial charge on any atom is 0.310 e. The number of fused-ring (bicyclic) bond motifs is 1. The molecule has 9 heteroatoms. The van der Waals surface area contributed by atoms with Crippen molar-refractivity contribution in [2.75, 3.05) is 26.1 Å². The molecular weight excluding hydrogens is 434 g/mol. The Balaban J connectivity index is 1.37. The number of methoxy groups -OCH3 is 2. The van der Waals surface area contributed by atoms with Crippen LogP contribution in [0.15, 0.2) is 18.2 Å². The zero-order chi connectivity index (χ0) is 20.0. The van der Waals surface area contributed by atoms with E-state index in [1.54, 1.807) is 18.2 Å². The number of hydrogen-bond acceptors (Lipinski definition) is 7. The van der Waals surface area contributed by atoms with E-state index in [-0.39, 0.29) is 28.7 Å². The Morgan fingerprint density at radius 3 is 2.75 bits per heavy atom. The lowest BCUT2D eigenvalue weighted by Gasteiger charge is -2.26. The number of nitrogens with one attached hydrogen (secondary N) is 1. The number of esters is 2. The van der Waals surface area contributed by atoms with Crippen molar-refractivity contribution in [3.63, 3.8) is 0 Å². The van der Waals surface area contributed by atoms with Crippen molar-refractivity contribution in [3.8, 4) is 11.5 Å². The van der Waals surface area contributed by atoms with Gasteiger partial charge >= 0.3 is 11.9 Å². The van der Waals surface area contributed by atoms with E-state index < -0.39 is 30.3 Å². The molecule has 1 aliphatic heterocycles. The van der Waals surface area contributed by atoms with Gasteiger partial charge in [0, 0.05) is 12.0 Å². The van der Waals surface area contributed by atoms with Gasteiger partial charge in [-0.25, -0.2) is 0 Å². The van der Waals surface area contributed by atoms with Crippen molar-refractivity contribution in [3.05, 3.63) is 18.2 Å². The molecule has 0 unspecified atom stereocenters. The number of rotatable bonds is 6.